The van der Waals surface area contributed by atoms with E-state index < -0.39 is 0 Å². The van der Waals surface area contributed by atoms with Gasteiger partial charge in [-0.25, -0.2) is 9.97 Å². The fraction of sp³-hybridized carbons (Fsp3) is 0.438. The Morgan fingerprint density at radius 1 is 1.23 bits per heavy atom. The number of hydrogen-bond donors (Lipinski definition) is 1. The minimum Gasteiger partial charge on any atom is -0.298 e. The molecule has 22 heavy (non-hydrogen) atoms. The van der Waals surface area contributed by atoms with Crippen LogP contribution in [0.25, 0.3) is 6.08 Å². The highest BCUT2D eigenvalue weighted by molar-refractivity contribution is 7.15. The first-order chi connectivity index (χ1) is 10.7. The third-order valence-corrected chi connectivity index (χ3v) is 5.48. The summed E-state index contributed by atoms with van der Waals surface area (Å²) in [6.45, 7) is 1.95. The molecule has 0 fully saturated rings. The van der Waals surface area contributed by atoms with Crippen LogP contribution in [0.4, 0.5) is 5.13 Å². The maximum atomic E-state index is 12.0. The first-order valence-corrected chi connectivity index (χ1v) is 9.30. The van der Waals surface area contributed by atoms with Crippen LogP contribution in [0.1, 0.15) is 47.0 Å². The van der Waals surface area contributed by atoms with Gasteiger partial charge in [-0.1, -0.05) is 12.8 Å². The third-order valence-electron chi connectivity index (χ3n) is 3.62. The Hall–Kier alpha value is -1.53. The highest BCUT2D eigenvalue weighted by Crippen LogP contribution is 2.28. The quantitative estimate of drug-likeness (QED) is 0.856. The van der Waals surface area contributed by atoms with Crippen molar-refractivity contribution in [3.05, 3.63) is 32.7 Å². The Bertz CT molecular complexity index is 662. The molecule has 3 rings (SSSR count). The minimum atomic E-state index is -0.146. The minimum absolute atomic E-state index is 0.146. The van der Waals surface area contributed by atoms with Crippen molar-refractivity contribution >= 4 is 39.8 Å². The number of nitrogens with zero attached hydrogens (tertiary/aromatic N) is 2. The van der Waals surface area contributed by atoms with E-state index in [9.17, 15) is 4.79 Å². The van der Waals surface area contributed by atoms with Gasteiger partial charge in [0, 0.05) is 16.3 Å². The van der Waals surface area contributed by atoms with Crippen molar-refractivity contribution in [3.8, 4) is 0 Å². The maximum absolute atomic E-state index is 12.0. The molecule has 0 bridgehead atoms. The molecule has 6 heteroatoms. The van der Waals surface area contributed by atoms with Crippen molar-refractivity contribution < 1.29 is 4.79 Å². The van der Waals surface area contributed by atoms with Gasteiger partial charge >= 0.3 is 0 Å². The number of carbonyl (C=O) groups excluding carboxylic acids is 1. The van der Waals surface area contributed by atoms with Gasteiger partial charge < -0.3 is 0 Å². The molecule has 0 unspecified atom stereocenters. The van der Waals surface area contributed by atoms with E-state index >= 15 is 0 Å². The fourth-order valence-corrected chi connectivity index (χ4v) is 4.16. The summed E-state index contributed by atoms with van der Waals surface area (Å²) < 4.78 is 0. The van der Waals surface area contributed by atoms with Gasteiger partial charge in [-0.3, -0.25) is 10.1 Å². The van der Waals surface area contributed by atoms with E-state index in [0.29, 0.717) is 0 Å². The lowest BCUT2D eigenvalue weighted by Gasteiger charge is -2.06. The predicted molar refractivity (Wildman–Crippen MR) is 92.5 cm³/mol. The lowest BCUT2D eigenvalue weighted by Crippen LogP contribution is -2.07. The van der Waals surface area contributed by atoms with Crippen molar-refractivity contribution in [1.29, 1.82) is 0 Å². The van der Waals surface area contributed by atoms with Crippen molar-refractivity contribution in [2.24, 2.45) is 0 Å². The summed E-state index contributed by atoms with van der Waals surface area (Å²) >= 11 is 3.20. The molecule has 1 amide bonds. The van der Waals surface area contributed by atoms with E-state index in [1.54, 1.807) is 28.7 Å². The third kappa shape index (κ3) is 4.01. The summed E-state index contributed by atoms with van der Waals surface area (Å²) in [6.07, 6.45) is 10.4. The van der Waals surface area contributed by atoms with Crippen molar-refractivity contribution in [3.63, 3.8) is 0 Å². The van der Waals surface area contributed by atoms with Gasteiger partial charge in [0.15, 0.2) is 5.13 Å². The summed E-state index contributed by atoms with van der Waals surface area (Å²) in [5, 5.41) is 6.53. The Morgan fingerprint density at radius 3 is 2.82 bits per heavy atom. The normalized spacial score (nSPS) is 15.3. The Labute approximate surface area is 138 Å². The number of thiazole rings is 2. The molecule has 1 aliphatic rings. The second-order valence-electron chi connectivity index (χ2n) is 5.42. The standard InChI is InChI=1S/C16H19N3OS2/c1-11-17-12(10-21-11)8-9-15(20)19-16-18-13-6-4-2-3-5-7-14(13)22-16/h8-10H,2-7H2,1H3,(H,18,19,20)/b9-8+. The Kier molecular flexibility index (Phi) is 5.00. The lowest BCUT2D eigenvalue weighted by atomic mass is 10.0. The largest absolute Gasteiger partial charge is 0.298 e. The number of anilines is 1. The molecule has 4 nitrogen and oxygen atoms in total. The van der Waals surface area contributed by atoms with Crippen LogP contribution in [0.2, 0.25) is 0 Å². The highest BCUT2D eigenvalue weighted by atomic mass is 32.1. The second-order valence-corrected chi connectivity index (χ2v) is 7.56. The van der Waals surface area contributed by atoms with Gasteiger partial charge in [-0.05, 0) is 38.7 Å². The van der Waals surface area contributed by atoms with Gasteiger partial charge in [0.1, 0.15) is 0 Å². The number of aromatic nitrogens is 2. The first kappa shape index (κ1) is 15.4. The molecule has 2 aromatic heterocycles. The van der Waals surface area contributed by atoms with Crippen LogP contribution in [-0.4, -0.2) is 15.9 Å². The number of nitrogens with one attached hydrogen (secondary N) is 1. The van der Waals surface area contributed by atoms with Gasteiger partial charge in [0.05, 0.1) is 16.4 Å². The molecule has 1 aliphatic carbocycles. The van der Waals surface area contributed by atoms with Gasteiger partial charge in [-0.2, -0.15) is 0 Å². The summed E-state index contributed by atoms with van der Waals surface area (Å²) in [4.78, 5) is 22.2. The summed E-state index contributed by atoms with van der Waals surface area (Å²) in [7, 11) is 0. The number of hydrogen-bond acceptors (Lipinski definition) is 5. The summed E-state index contributed by atoms with van der Waals surface area (Å²) in [5.41, 5.74) is 2.00. The molecule has 0 saturated heterocycles. The zero-order valence-corrected chi connectivity index (χ0v) is 14.2. The molecular weight excluding hydrogens is 314 g/mol. The number of amides is 1. The van der Waals surface area contributed by atoms with Gasteiger partial charge in [-0.15, -0.1) is 22.7 Å². The van der Waals surface area contributed by atoms with Gasteiger partial charge in [0.25, 0.3) is 0 Å². The lowest BCUT2D eigenvalue weighted by molar-refractivity contribution is -0.111. The Balaban J connectivity index is 1.64. The molecule has 0 aliphatic heterocycles. The predicted octanol–water partition coefficient (Wildman–Crippen LogP) is 4.22. The number of fused-ring (bicyclic) bond motifs is 1. The van der Waals surface area contributed by atoms with E-state index in [4.69, 9.17) is 0 Å². The molecular formula is C16H19N3OS2. The molecule has 2 aromatic rings. The monoisotopic (exact) mass is 333 g/mol. The zero-order valence-electron chi connectivity index (χ0n) is 12.6. The summed E-state index contributed by atoms with van der Waals surface area (Å²) in [5.74, 6) is -0.146. The molecule has 1 N–H and O–H groups in total. The molecule has 0 aromatic carbocycles. The fourth-order valence-electron chi connectivity index (χ4n) is 2.52. The van der Waals surface area contributed by atoms with E-state index in [1.165, 1.54) is 42.3 Å². The van der Waals surface area contributed by atoms with Crippen LogP contribution >= 0.6 is 22.7 Å². The van der Waals surface area contributed by atoms with Gasteiger partial charge in [0.2, 0.25) is 5.91 Å². The maximum Gasteiger partial charge on any atom is 0.250 e. The highest BCUT2D eigenvalue weighted by Gasteiger charge is 2.14. The number of carbonyl (C=O) groups is 1. The van der Waals surface area contributed by atoms with Crippen molar-refractivity contribution in [2.75, 3.05) is 5.32 Å². The number of aryl methyl sites for hydroxylation is 3. The molecule has 0 atom stereocenters. The van der Waals surface area contributed by atoms with E-state index in [0.717, 1.165) is 28.7 Å². The van der Waals surface area contributed by atoms with Crippen molar-refractivity contribution in [2.45, 2.75) is 45.4 Å². The molecule has 0 spiro atoms. The van der Waals surface area contributed by atoms with Crippen LogP contribution in [-0.2, 0) is 17.6 Å². The van der Waals surface area contributed by atoms with Crippen LogP contribution in [0.15, 0.2) is 11.5 Å². The van der Waals surface area contributed by atoms with Crippen LogP contribution in [0.5, 0.6) is 0 Å². The van der Waals surface area contributed by atoms with E-state index in [1.807, 2.05) is 12.3 Å². The zero-order chi connectivity index (χ0) is 15.4. The van der Waals surface area contributed by atoms with Crippen LogP contribution in [0, 0.1) is 6.92 Å². The topological polar surface area (TPSA) is 54.9 Å². The second kappa shape index (κ2) is 7.15. The molecule has 0 saturated carbocycles. The van der Waals surface area contributed by atoms with Crippen LogP contribution in [0.3, 0.4) is 0 Å². The number of rotatable bonds is 3. The average Bonchev–Trinajstić information content (AvgIpc) is 3.03. The summed E-state index contributed by atoms with van der Waals surface area (Å²) in [6, 6.07) is 0. The van der Waals surface area contributed by atoms with E-state index in [2.05, 4.69) is 15.3 Å². The van der Waals surface area contributed by atoms with Crippen LogP contribution < -0.4 is 5.32 Å². The first-order valence-electron chi connectivity index (χ1n) is 7.60. The average molecular weight is 333 g/mol. The smallest absolute Gasteiger partial charge is 0.250 e. The Morgan fingerprint density at radius 2 is 2.05 bits per heavy atom. The molecule has 2 heterocycles. The molecule has 116 valence electrons. The van der Waals surface area contributed by atoms with Crippen molar-refractivity contribution in [1.82, 2.24) is 9.97 Å². The van der Waals surface area contributed by atoms with E-state index in [-0.39, 0.29) is 5.91 Å². The SMILES string of the molecule is Cc1nc(/C=C/C(=O)Nc2nc3c(s2)CCCCCC3)cs1. The molecule has 0 radical (unpaired) electrons.